The number of allylic oxidation sites excluding steroid dienone is 2. The number of hydrogen-bond donors (Lipinski definition) is 1. The van der Waals surface area contributed by atoms with Gasteiger partial charge in [-0.3, -0.25) is 0 Å². The summed E-state index contributed by atoms with van der Waals surface area (Å²) in [5, 5.41) is 0. The van der Waals surface area contributed by atoms with Crippen molar-refractivity contribution < 1.29 is 0 Å². The number of benzene rings is 1. The summed E-state index contributed by atoms with van der Waals surface area (Å²) in [5.74, 6) is 0. The Kier molecular flexibility index (Phi) is 3.11. The molecule has 0 heterocycles. The van der Waals surface area contributed by atoms with E-state index in [0.29, 0.717) is 0 Å². The largest absolute Gasteiger partial charge is 0.398 e. The van der Waals surface area contributed by atoms with E-state index < -0.39 is 0 Å². The van der Waals surface area contributed by atoms with Crippen molar-refractivity contribution in [1.29, 1.82) is 0 Å². The monoisotopic (exact) mass is 299 g/mol. The van der Waals surface area contributed by atoms with Crippen molar-refractivity contribution in [2.45, 2.75) is 25.7 Å². The average Bonchev–Trinajstić information content (AvgIpc) is 2.23. The number of halogens is 1. The molecule has 0 amide bonds. The van der Waals surface area contributed by atoms with Gasteiger partial charge in [-0.05, 0) is 72.0 Å². The molecule has 0 aliphatic heterocycles. The fraction of sp³-hybridized carbons (Fsp3) is 0.333. The third kappa shape index (κ3) is 2.11. The Morgan fingerprint density at radius 1 is 1.21 bits per heavy atom. The summed E-state index contributed by atoms with van der Waals surface area (Å²) in [7, 11) is 0. The van der Waals surface area contributed by atoms with Crippen LogP contribution in [0.2, 0.25) is 0 Å². The van der Waals surface area contributed by atoms with E-state index in [1.165, 1.54) is 40.4 Å². The molecule has 1 aromatic rings. The van der Waals surface area contributed by atoms with Gasteiger partial charge in [-0.2, -0.15) is 0 Å². The Balaban J connectivity index is 2.39. The van der Waals surface area contributed by atoms with Crippen LogP contribution in [0, 0.1) is 3.57 Å². The molecule has 14 heavy (non-hydrogen) atoms. The first kappa shape index (κ1) is 10.0. The van der Waals surface area contributed by atoms with Crippen LogP contribution in [0.15, 0.2) is 24.3 Å². The van der Waals surface area contributed by atoms with E-state index in [0.717, 1.165) is 5.69 Å². The molecule has 0 atom stereocenters. The van der Waals surface area contributed by atoms with Gasteiger partial charge in [0.15, 0.2) is 0 Å². The molecule has 74 valence electrons. The summed E-state index contributed by atoms with van der Waals surface area (Å²) in [6.07, 6.45) is 7.36. The van der Waals surface area contributed by atoms with Crippen LogP contribution in [-0.2, 0) is 0 Å². The Morgan fingerprint density at radius 2 is 2.07 bits per heavy atom. The van der Waals surface area contributed by atoms with Crippen LogP contribution in [0.5, 0.6) is 0 Å². The van der Waals surface area contributed by atoms with Crippen LogP contribution in [0.25, 0.3) is 5.57 Å². The normalized spacial score (nSPS) is 16.5. The van der Waals surface area contributed by atoms with Crippen LogP contribution in [0.4, 0.5) is 5.69 Å². The van der Waals surface area contributed by atoms with Crippen molar-refractivity contribution >= 4 is 33.9 Å². The van der Waals surface area contributed by atoms with Crippen LogP contribution in [0.1, 0.15) is 31.2 Å². The molecule has 1 aliphatic rings. The maximum absolute atomic E-state index is 5.98. The van der Waals surface area contributed by atoms with Crippen molar-refractivity contribution in [3.8, 4) is 0 Å². The molecule has 0 unspecified atom stereocenters. The molecule has 0 bridgehead atoms. The fourth-order valence-corrected chi connectivity index (χ4v) is 2.38. The van der Waals surface area contributed by atoms with Crippen LogP contribution in [0.3, 0.4) is 0 Å². The summed E-state index contributed by atoms with van der Waals surface area (Å²) in [6, 6.07) is 6.25. The molecule has 0 saturated carbocycles. The summed E-state index contributed by atoms with van der Waals surface area (Å²) in [4.78, 5) is 0. The SMILES string of the molecule is Nc1ccc(I)cc1C1=CCCCC1. The molecule has 1 aliphatic carbocycles. The molecule has 0 aromatic heterocycles. The lowest BCUT2D eigenvalue weighted by Crippen LogP contribution is -1.97. The van der Waals surface area contributed by atoms with Crippen LogP contribution < -0.4 is 5.73 Å². The molecule has 2 N–H and O–H groups in total. The fourth-order valence-electron chi connectivity index (χ4n) is 1.89. The van der Waals surface area contributed by atoms with E-state index in [1.807, 2.05) is 6.07 Å². The van der Waals surface area contributed by atoms with Crippen molar-refractivity contribution in [3.63, 3.8) is 0 Å². The van der Waals surface area contributed by atoms with Gasteiger partial charge in [0.05, 0.1) is 0 Å². The zero-order valence-electron chi connectivity index (χ0n) is 8.09. The van der Waals surface area contributed by atoms with E-state index in [-0.39, 0.29) is 0 Å². The van der Waals surface area contributed by atoms with Gasteiger partial charge in [-0.15, -0.1) is 0 Å². The molecule has 0 radical (unpaired) electrons. The lowest BCUT2D eigenvalue weighted by atomic mass is 9.93. The van der Waals surface area contributed by atoms with Gasteiger partial charge in [-0.25, -0.2) is 0 Å². The molecule has 0 saturated heterocycles. The van der Waals surface area contributed by atoms with Gasteiger partial charge in [0, 0.05) is 14.8 Å². The highest BCUT2D eigenvalue weighted by molar-refractivity contribution is 14.1. The minimum Gasteiger partial charge on any atom is -0.398 e. The number of hydrogen-bond acceptors (Lipinski definition) is 1. The van der Waals surface area contributed by atoms with Gasteiger partial charge < -0.3 is 5.73 Å². The highest BCUT2D eigenvalue weighted by Gasteiger charge is 2.09. The number of nitrogens with two attached hydrogens (primary N) is 1. The summed E-state index contributed by atoms with van der Waals surface area (Å²) in [5.41, 5.74) is 9.58. The molecule has 1 aromatic carbocycles. The predicted octanol–water partition coefficient (Wildman–Crippen LogP) is 3.83. The topological polar surface area (TPSA) is 26.0 Å². The van der Waals surface area contributed by atoms with E-state index in [1.54, 1.807) is 0 Å². The molecular formula is C12H14IN. The van der Waals surface area contributed by atoms with Crippen molar-refractivity contribution in [2.75, 3.05) is 5.73 Å². The Morgan fingerprint density at radius 3 is 2.79 bits per heavy atom. The van der Waals surface area contributed by atoms with E-state index in [9.17, 15) is 0 Å². The Labute approximate surface area is 98.5 Å². The van der Waals surface area contributed by atoms with Crippen molar-refractivity contribution in [3.05, 3.63) is 33.4 Å². The summed E-state index contributed by atoms with van der Waals surface area (Å²) < 4.78 is 1.26. The predicted molar refractivity (Wildman–Crippen MR) is 70.0 cm³/mol. The summed E-state index contributed by atoms with van der Waals surface area (Å²) >= 11 is 2.34. The van der Waals surface area contributed by atoms with Gasteiger partial charge in [0.2, 0.25) is 0 Å². The first-order valence-corrected chi connectivity index (χ1v) is 6.09. The number of rotatable bonds is 1. The van der Waals surface area contributed by atoms with E-state index >= 15 is 0 Å². The lowest BCUT2D eigenvalue weighted by Gasteiger charge is -2.15. The van der Waals surface area contributed by atoms with Gasteiger partial charge in [-0.1, -0.05) is 6.08 Å². The van der Waals surface area contributed by atoms with Gasteiger partial charge in [0.1, 0.15) is 0 Å². The molecular weight excluding hydrogens is 285 g/mol. The van der Waals surface area contributed by atoms with Gasteiger partial charge >= 0.3 is 0 Å². The zero-order chi connectivity index (χ0) is 9.97. The third-order valence-corrected chi connectivity index (χ3v) is 3.32. The quantitative estimate of drug-likeness (QED) is 0.619. The minimum absolute atomic E-state index is 0.915. The van der Waals surface area contributed by atoms with Crippen LogP contribution in [-0.4, -0.2) is 0 Å². The Hall–Kier alpha value is -0.510. The molecule has 2 heteroatoms. The number of anilines is 1. The van der Waals surface area contributed by atoms with Crippen LogP contribution >= 0.6 is 22.6 Å². The smallest absolute Gasteiger partial charge is 0.0391 e. The molecule has 0 fully saturated rings. The first-order chi connectivity index (χ1) is 6.77. The third-order valence-electron chi connectivity index (χ3n) is 2.65. The highest BCUT2D eigenvalue weighted by Crippen LogP contribution is 2.31. The summed E-state index contributed by atoms with van der Waals surface area (Å²) in [6.45, 7) is 0. The van der Waals surface area contributed by atoms with Crippen molar-refractivity contribution in [1.82, 2.24) is 0 Å². The zero-order valence-corrected chi connectivity index (χ0v) is 10.3. The van der Waals surface area contributed by atoms with E-state index in [4.69, 9.17) is 5.73 Å². The highest BCUT2D eigenvalue weighted by atomic mass is 127. The second kappa shape index (κ2) is 4.34. The second-order valence-corrected chi connectivity index (χ2v) is 4.95. The maximum atomic E-state index is 5.98. The molecule has 1 nitrogen and oxygen atoms in total. The molecule has 2 rings (SSSR count). The van der Waals surface area contributed by atoms with Crippen molar-refractivity contribution in [2.24, 2.45) is 0 Å². The second-order valence-electron chi connectivity index (χ2n) is 3.71. The van der Waals surface area contributed by atoms with Gasteiger partial charge in [0.25, 0.3) is 0 Å². The Bertz CT molecular complexity index is 369. The maximum Gasteiger partial charge on any atom is 0.0391 e. The molecule has 0 spiro atoms. The average molecular weight is 299 g/mol. The minimum atomic E-state index is 0.915. The standard InChI is InChI=1S/C12H14IN/c13-10-6-7-12(14)11(8-10)9-4-2-1-3-5-9/h4,6-8H,1-3,5,14H2. The lowest BCUT2D eigenvalue weighted by molar-refractivity contribution is 0.742. The first-order valence-electron chi connectivity index (χ1n) is 5.02. The van der Waals surface area contributed by atoms with E-state index in [2.05, 4.69) is 40.8 Å². The number of nitrogen functional groups attached to an aromatic ring is 1.